The zero-order chi connectivity index (χ0) is 25.0. The van der Waals surface area contributed by atoms with Crippen LogP contribution < -0.4 is 4.57 Å². The minimum absolute atomic E-state index is 0.00453. The fraction of sp³-hybridized carbons (Fsp3) is 0.368. The second-order valence-corrected chi connectivity index (χ2v) is 7.60. The van der Waals surface area contributed by atoms with Crippen molar-refractivity contribution in [3.8, 4) is 0 Å². The number of H-pyrrole nitrogens is 1. The summed E-state index contributed by atoms with van der Waals surface area (Å²) in [5.74, 6) is -11.0. The minimum atomic E-state index is -4.70. The number of hydrogen-bond acceptors (Lipinski definition) is 7. The Morgan fingerprint density at radius 3 is 2.41 bits per heavy atom. The van der Waals surface area contributed by atoms with Gasteiger partial charge in [-0.05, 0) is 11.6 Å². The summed E-state index contributed by atoms with van der Waals surface area (Å²) in [5, 5.41) is 15.7. The van der Waals surface area contributed by atoms with E-state index in [0.29, 0.717) is 6.07 Å². The molecular weight excluding hydrogens is 478 g/mol. The molecule has 0 amide bonds. The fourth-order valence-electron chi connectivity index (χ4n) is 3.65. The predicted molar refractivity (Wildman–Crippen MR) is 94.5 cm³/mol. The zero-order valence-electron chi connectivity index (χ0n) is 17.2. The van der Waals surface area contributed by atoms with E-state index in [1.807, 2.05) is 0 Å². The Labute approximate surface area is 186 Å². The molecule has 1 aromatic carbocycles. The number of aliphatic hydroxyl groups is 1. The molecule has 2 aromatic rings. The van der Waals surface area contributed by atoms with Crippen LogP contribution in [0.15, 0.2) is 23.5 Å². The summed E-state index contributed by atoms with van der Waals surface area (Å²) in [7, 11) is 0. The maximum absolute atomic E-state index is 13.9. The SMILES string of the molecule is CC1(N2CC[n+]3c(C(F)(F)F)n[nH]c3C2)OC(=O)C(=C(O)Cc2cc(F)c(F)cc2F)C(=O)O1. The van der Waals surface area contributed by atoms with E-state index in [4.69, 9.17) is 9.47 Å². The highest BCUT2D eigenvalue weighted by Gasteiger charge is 2.52. The Kier molecular flexibility index (Phi) is 5.54. The third-order valence-corrected chi connectivity index (χ3v) is 5.34. The Balaban J connectivity index is 1.54. The lowest BCUT2D eigenvalue weighted by molar-refractivity contribution is -0.730. The van der Waals surface area contributed by atoms with Crippen LogP contribution in [0.25, 0.3) is 0 Å². The number of nitrogens with zero attached hydrogens (tertiary/aromatic N) is 3. The van der Waals surface area contributed by atoms with Crippen LogP contribution in [0.4, 0.5) is 26.3 Å². The van der Waals surface area contributed by atoms with Crippen molar-refractivity contribution in [2.75, 3.05) is 6.54 Å². The molecular formula is C19H15F6N4O5+. The predicted octanol–water partition coefficient (Wildman–Crippen LogP) is 1.78. The molecule has 0 saturated carbocycles. The van der Waals surface area contributed by atoms with Gasteiger partial charge in [0.1, 0.15) is 11.6 Å². The van der Waals surface area contributed by atoms with Crippen LogP contribution >= 0.6 is 0 Å². The van der Waals surface area contributed by atoms with E-state index < -0.39 is 70.6 Å². The number of aromatic nitrogens is 3. The van der Waals surface area contributed by atoms with Crippen molar-refractivity contribution in [1.29, 1.82) is 0 Å². The number of halogens is 6. The number of ether oxygens (including phenoxy) is 2. The third kappa shape index (κ3) is 4.06. The van der Waals surface area contributed by atoms with Crippen LogP contribution in [0.5, 0.6) is 0 Å². The van der Waals surface area contributed by atoms with Crippen LogP contribution in [0.1, 0.15) is 24.1 Å². The van der Waals surface area contributed by atoms with Gasteiger partial charge < -0.3 is 14.6 Å². The van der Waals surface area contributed by atoms with Gasteiger partial charge in [0.25, 0.3) is 0 Å². The molecule has 1 fully saturated rings. The lowest BCUT2D eigenvalue weighted by atomic mass is 10.1. The monoisotopic (exact) mass is 493 g/mol. The first-order valence-corrected chi connectivity index (χ1v) is 9.61. The molecule has 0 spiro atoms. The molecule has 2 aliphatic rings. The number of benzene rings is 1. The minimum Gasteiger partial charge on any atom is -0.511 e. The standard InChI is InChI=1S/C19H14F6N4O5/c1-18(28-2-3-29-13(7-28)26-27-17(29)19(23,24)25)33-15(31)14(16(32)34-18)12(30)5-8-4-10(21)11(22)6-9(8)20/h4,6H,2-3,5,7H2,1H3,(H,30,31,32)/p+1. The van der Waals surface area contributed by atoms with Crippen molar-refractivity contribution < 1.29 is 55.1 Å². The molecule has 0 bridgehead atoms. The second kappa shape index (κ2) is 8.00. The number of cyclic esters (lactones) is 2. The molecule has 1 saturated heterocycles. The topological polar surface area (TPSA) is 109 Å². The maximum Gasteiger partial charge on any atom is 0.485 e. The Morgan fingerprint density at radius 1 is 1.18 bits per heavy atom. The van der Waals surface area contributed by atoms with Crippen molar-refractivity contribution in [3.05, 3.63) is 58.1 Å². The van der Waals surface area contributed by atoms with Crippen molar-refractivity contribution in [3.63, 3.8) is 0 Å². The molecule has 4 rings (SSSR count). The summed E-state index contributed by atoms with van der Waals surface area (Å²) in [6, 6.07) is 0.688. The first kappa shape index (κ1) is 23.5. The second-order valence-electron chi connectivity index (χ2n) is 7.60. The van der Waals surface area contributed by atoms with Crippen LogP contribution in [0, 0.1) is 17.5 Å². The van der Waals surface area contributed by atoms with Gasteiger partial charge in [0.2, 0.25) is 5.82 Å². The van der Waals surface area contributed by atoms with Gasteiger partial charge in [0.15, 0.2) is 17.2 Å². The van der Waals surface area contributed by atoms with Gasteiger partial charge in [-0.25, -0.2) is 32.2 Å². The molecule has 15 heteroatoms. The third-order valence-electron chi connectivity index (χ3n) is 5.34. The lowest BCUT2D eigenvalue weighted by Crippen LogP contribution is -2.62. The number of nitrogens with one attached hydrogen (secondary N) is 1. The smallest absolute Gasteiger partial charge is 0.485 e. The van der Waals surface area contributed by atoms with Gasteiger partial charge in [0.05, 0.1) is 13.1 Å². The maximum atomic E-state index is 13.9. The Morgan fingerprint density at radius 2 is 1.79 bits per heavy atom. The van der Waals surface area contributed by atoms with Crippen LogP contribution in [-0.4, -0.2) is 44.6 Å². The van der Waals surface area contributed by atoms with Crippen LogP contribution in [0.2, 0.25) is 0 Å². The van der Waals surface area contributed by atoms with E-state index in [9.17, 15) is 41.0 Å². The zero-order valence-corrected chi connectivity index (χ0v) is 17.2. The lowest BCUT2D eigenvalue weighted by Gasteiger charge is -2.41. The fourth-order valence-corrected chi connectivity index (χ4v) is 3.65. The Bertz CT molecular complexity index is 1200. The van der Waals surface area contributed by atoms with Gasteiger partial charge >= 0.3 is 29.9 Å². The largest absolute Gasteiger partial charge is 0.511 e. The van der Waals surface area contributed by atoms with E-state index >= 15 is 0 Å². The van der Waals surface area contributed by atoms with Crippen molar-refractivity contribution >= 4 is 11.9 Å². The van der Waals surface area contributed by atoms with Crippen LogP contribution in [0.3, 0.4) is 0 Å². The molecule has 0 unspecified atom stereocenters. The molecule has 1 aromatic heterocycles. The molecule has 0 aliphatic carbocycles. The molecule has 2 N–H and O–H groups in total. The number of allylic oxidation sites excluding steroid dienone is 1. The van der Waals surface area contributed by atoms with Crippen molar-refractivity contribution in [1.82, 2.24) is 15.1 Å². The molecule has 0 atom stereocenters. The first-order valence-electron chi connectivity index (χ1n) is 9.61. The molecule has 9 nitrogen and oxygen atoms in total. The molecule has 34 heavy (non-hydrogen) atoms. The summed E-state index contributed by atoms with van der Waals surface area (Å²) in [6.07, 6.45) is -5.55. The summed E-state index contributed by atoms with van der Waals surface area (Å²) in [4.78, 5) is 26.3. The number of aromatic amines is 1. The molecule has 0 radical (unpaired) electrons. The van der Waals surface area contributed by atoms with Gasteiger partial charge in [-0.15, -0.1) is 5.10 Å². The highest BCUT2D eigenvalue weighted by atomic mass is 19.4. The summed E-state index contributed by atoms with van der Waals surface area (Å²) in [5.41, 5.74) is -1.53. The van der Waals surface area contributed by atoms with E-state index in [2.05, 4.69) is 10.2 Å². The van der Waals surface area contributed by atoms with Gasteiger partial charge in [-0.3, -0.25) is 0 Å². The van der Waals surface area contributed by atoms with Crippen molar-refractivity contribution in [2.45, 2.75) is 38.5 Å². The molecule has 182 valence electrons. The number of carbonyl (C=O) groups excluding carboxylic acids is 2. The molecule has 2 aliphatic heterocycles. The molecule has 3 heterocycles. The number of alkyl halides is 3. The number of rotatable bonds is 3. The quantitative estimate of drug-likeness (QED) is 0.128. The van der Waals surface area contributed by atoms with Crippen molar-refractivity contribution in [2.24, 2.45) is 0 Å². The van der Waals surface area contributed by atoms with Gasteiger partial charge in [-0.2, -0.15) is 13.2 Å². The van der Waals surface area contributed by atoms with Gasteiger partial charge in [-0.1, -0.05) is 0 Å². The average molecular weight is 493 g/mol. The highest BCUT2D eigenvalue weighted by Crippen LogP contribution is 2.32. The first-order chi connectivity index (χ1) is 15.8. The van der Waals surface area contributed by atoms with E-state index in [1.165, 1.54) is 11.8 Å². The highest BCUT2D eigenvalue weighted by molar-refractivity contribution is 6.15. The van der Waals surface area contributed by atoms with E-state index in [-0.39, 0.29) is 31.5 Å². The van der Waals surface area contributed by atoms with Gasteiger partial charge in [0, 0.05) is 31.1 Å². The van der Waals surface area contributed by atoms with E-state index in [0.717, 1.165) is 4.57 Å². The summed E-state index contributed by atoms with van der Waals surface area (Å²) < 4.78 is 90.6. The normalized spacial score (nSPS) is 21.2. The number of carbonyl (C=O) groups is 2. The number of hydrogen-bond donors (Lipinski definition) is 2. The summed E-state index contributed by atoms with van der Waals surface area (Å²) in [6.45, 7) is 0.532. The van der Waals surface area contributed by atoms with E-state index in [1.54, 1.807) is 0 Å². The Hall–Kier alpha value is -3.62. The number of fused-ring (bicyclic) bond motifs is 1. The summed E-state index contributed by atoms with van der Waals surface area (Å²) >= 11 is 0. The average Bonchev–Trinajstić information content (AvgIpc) is 3.15. The number of aliphatic hydroxyl groups excluding tert-OH is 1. The van der Waals surface area contributed by atoms with Crippen LogP contribution in [-0.2, 0) is 44.7 Å². The number of esters is 2.